The molecule has 1 N–H and O–H groups in total. The summed E-state index contributed by atoms with van der Waals surface area (Å²) < 4.78 is 23.4. The number of rotatable bonds is 7. The first kappa shape index (κ1) is 26.7. The number of nitrogens with one attached hydrogen (secondary N) is 1. The number of benzene rings is 2. The average molecular weight is 529 g/mol. The zero-order valence-electron chi connectivity index (χ0n) is 19.7. The summed E-state index contributed by atoms with van der Waals surface area (Å²) in [6.07, 6.45) is 5.34. The van der Waals surface area contributed by atoms with Crippen molar-refractivity contribution in [2.75, 3.05) is 6.26 Å². The van der Waals surface area contributed by atoms with E-state index in [1.165, 1.54) is 12.1 Å². The Morgan fingerprint density at radius 2 is 1.77 bits per heavy atom. The number of allylic oxidation sites excluding steroid dienone is 3. The van der Waals surface area contributed by atoms with Crippen molar-refractivity contribution in [3.05, 3.63) is 93.5 Å². The third-order valence-electron chi connectivity index (χ3n) is 5.88. The van der Waals surface area contributed by atoms with Crippen molar-refractivity contribution in [1.82, 2.24) is 5.32 Å². The summed E-state index contributed by atoms with van der Waals surface area (Å²) in [7, 11) is -3.33. The Kier molecular flexibility index (Phi) is 8.27. The van der Waals surface area contributed by atoms with Gasteiger partial charge in [0.25, 0.3) is 0 Å². The molecule has 0 saturated carbocycles. The summed E-state index contributed by atoms with van der Waals surface area (Å²) >= 11 is 13.5. The lowest BCUT2D eigenvalue weighted by molar-refractivity contribution is -0.121. The van der Waals surface area contributed by atoms with Gasteiger partial charge in [-0.05, 0) is 42.7 Å². The summed E-state index contributed by atoms with van der Waals surface area (Å²) in [6.45, 7) is 3.89. The fourth-order valence-electron chi connectivity index (χ4n) is 3.98. The zero-order chi connectivity index (χ0) is 25.8. The van der Waals surface area contributed by atoms with Crippen molar-refractivity contribution >= 4 is 44.5 Å². The smallest absolute Gasteiger partial charge is 0.225 e. The third kappa shape index (κ3) is 6.05. The number of carbonyl (C=O) groups is 1. The van der Waals surface area contributed by atoms with Crippen LogP contribution in [0.3, 0.4) is 0 Å². The zero-order valence-corrected chi connectivity index (χ0v) is 22.0. The molecule has 2 aromatic carbocycles. The summed E-state index contributed by atoms with van der Waals surface area (Å²) in [6, 6.07) is 17.7. The molecule has 2 atom stereocenters. The van der Waals surface area contributed by atoms with Gasteiger partial charge in [-0.2, -0.15) is 5.26 Å². The molecule has 1 aliphatic rings. The van der Waals surface area contributed by atoms with Crippen LogP contribution in [0, 0.1) is 17.2 Å². The molecular weight excluding hydrogens is 503 g/mol. The first-order valence-electron chi connectivity index (χ1n) is 11.0. The molecule has 0 aliphatic heterocycles. The van der Waals surface area contributed by atoms with Gasteiger partial charge in [0, 0.05) is 21.9 Å². The van der Waals surface area contributed by atoms with E-state index in [4.69, 9.17) is 23.2 Å². The first-order chi connectivity index (χ1) is 16.5. The second-order valence-corrected chi connectivity index (χ2v) is 11.4. The summed E-state index contributed by atoms with van der Waals surface area (Å²) in [5, 5.41) is 13.7. The van der Waals surface area contributed by atoms with Gasteiger partial charge in [-0.3, -0.25) is 4.79 Å². The van der Waals surface area contributed by atoms with Crippen LogP contribution in [0.4, 0.5) is 0 Å². The largest absolute Gasteiger partial charge is 0.342 e. The van der Waals surface area contributed by atoms with Crippen molar-refractivity contribution in [3.63, 3.8) is 0 Å². The molecule has 0 saturated heterocycles. The van der Waals surface area contributed by atoms with Crippen LogP contribution in [0.5, 0.6) is 0 Å². The molecule has 8 heteroatoms. The summed E-state index contributed by atoms with van der Waals surface area (Å²) in [5.41, 5.74) is 1.68. The summed E-state index contributed by atoms with van der Waals surface area (Å²) in [4.78, 5) is 13.3. The molecule has 0 fully saturated rings. The van der Waals surface area contributed by atoms with Crippen molar-refractivity contribution in [1.29, 1.82) is 5.26 Å². The van der Waals surface area contributed by atoms with E-state index in [1.54, 1.807) is 18.2 Å². The predicted molar refractivity (Wildman–Crippen MR) is 140 cm³/mol. The predicted octanol–water partition coefficient (Wildman–Crippen LogP) is 5.77. The highest BCUT2D eigenvalue weighted by Crippen LogP contribution is 2.45. The van der Waals surface area contributed by atoms with E-state index in [1.807, 2.05) is 50.3 Å². The normalized spacial score (nSPS) is 20.7. The van der Waals surface area contributed by atoms with Gasteiger partial charge in [0.15, 0.2) is 9.84 Å². The quantitative estimate of drug-likeness (QED) is 0.462. The fourth-order valence-corrected chi connectivity index (χ4v) is 5.49. The Morgan fingerprint density at radius 1 is 1.14 bits per heavy atom. The van der Waals surface area contributed by atoms with Crippen molar-refractivity contribution in [2.24, 2.45) is 5.92 Å². The van der Waals surface area contributed by atoms with E-state index >= 15 is 0 Å². The van der Waals surface area contributed by atoms with Crippen LogP contribution in [0.15, 0.2) is 87.3 Å². The molecule has 5 nitrogen and oxygen atoms in total. The molecule has 0 heterocycles. The van der Waals surface area contributed by atoms with Crippen LogP contribution in [0.2, 0.25) is 0 Å². The van der Waals surface area contributed by atoms with Crippen LogP contribution in [-0.2, 0) is 21.1 Å². The molecule has 0 spiro atoms. The lowest BCUT2D eigenvalue weighted by Gasteiger charge is -2.38. The van der Waals surface area contributed by atoms with Crippen LogP contribution in [0.25, 0.3) is 5.57 Å². The van der Waals surface area contributed by atoms with E-state index in [9.17, 15) is 18.5 Å². The average Bonchev–Trinajstić information content (AvgIpc) is 2.79. The van der Waals surface area contributed by atoms with E-state index in [0.717, 1.165) is 17.4 Å². The molecule has 2 aromatic rings. The Labute approximate surface area is 216 Å². The summed E-state index contributed by atoms with van der Waals surface area (Å²) in [5.74, 6) is -1.26. The van der Waals surface area contributed by atoms with Crippen molar-refractivity contribution in [2.45, 2.75) is 37.1 Å². The van der Waals surface area contributed by atoms with E-state index in [2.05, 4.69) is 11.4 Å². The lowest BCUT2D eigenvalue weighted by atomic mass is 9.76. The minimum absolute atomic E-state index is 0.0126. The van der Waals surface area contributed by atoms with Gasteiger partial charge in [-0.15, -0.1) is 0 Å². The Hall–Kier alpha value is -2.85. The second kappa shape index (κ2) is 10.8. The molecule has 1 aliphatic carbocycles. The Bertz CT molecular complexity index is 1360. The number of halogens is 2. The van der Waals surface area contributed by atoms with Gasteiger partial charge < -0.3 is 5.32 Å². The van der Waals surface area contributed by atoms with Crippen molar-refractivity contribution < 1.29 is 13.2 Å². The van der Waals surface area contributed by atoms with Gasteiger partial charge in [-0.25, -0.2) is 8.42 Å². The molecular formula is C27H26Cl2N2O3S. The highest BCUT2D eigenvalue weighted by Gasteiger charge is 2.44. The molecule has 1 amide bonds. The molecule has 0 radical (unpaired) electrons. The lowest BCUT2D eigenvalue weighted by Crippen LogP contribution is -2.53. The van der Waals surface area contributed by atoms with Gasteiger partial charge in [0.2, 0.25) is 5.91 Å². The topological polar surface area (TPSA) is 87.0 Å². The molecule has 35 heavy (non-hydrogen) atoms. The number of sulfone groups is 1. The maximum Gasteiger partial charge on any atom is 0.225 e. The van der Waals surface area contributed by atoms with Crippen LogP contribution in [0.1, 0.15) is 31.4 Å². The van der Waals surface area contributed by atoms with E-state index < -0.39 is 21.3 Å². The number of amides is 1. The Balaban J connectivity index is 2.00. The molecule has 0 aromatic heterocycles. The second-order valence-electron chi connectivity index (χ2n) is 8.56. The maximum atomic E-state index is 13.2. The van der Waals surface area contributed by atoms with Crippen LogP contribution < -0.4 is 5.32 Å². The minimum atomic E-state index is -3.33. The van der Waals surface area contributed by atoms with E-state index in [0.29, 0.717) is 22.6 Å². The third-order valence-corrected chi connectivity index (χ3v) is 7.71. The van der Waals surface area contributed by atoms with E-state index in [-0.39, 0.29) is 22.3 Å². The number of nitriles is 1. The minimum Gasteiger partial charge on any atom is -0.342 e. The standard InChI is InChI=1S/C27H26Cl2N2O3S/c1-4-18(2)15-27(31-24(32)14-19-10-12-21(13-11-19)35(3,33)34)16-23(28)25(26(29)22(27)17-30)20-8-6-5-7-9-20/h5-13,15-16,22H,4,14H2,1-3H3,(H,31,32). The van der Waals surface area contributed by atoms with Gasteiger partial charge in [-0.1, -0.05) is 84.2 Å². The van der Waals surface area contributed by atoms with Crippen molar-refractivity contribution in [3.8, 4) is 6.07 Å². The highest BCUT2D eigenvalue weighted by molar-refractivity contribution is 7.90. The number of carbonyl (C=O) groups excluding carboxylic acids is 1. The highest BCUT2D eigenvalue weighted by atomic mass is 35.5. The molecule has 182 valence electrons. The Morgan fingerprint density at radius 3 is 2.31 bits per heavy atom. The molecule has 0 bridgehead atoms. The van der Waals surface area contributed by atoms with Crippen LogP contribution in [-0.4, -0.2) is 26.1 Å². The first-order valence-corrected chi connectivity index (χ1v) is 13.7. The number of hydrogen-bond donors (Lipinski definition) is 1. The molecule has 3 rings (SSSR count). The fraction of sp³-hybridized carbons (Fsp3) is 0.259. The SMILES string of the molecule is CCC(C)=CC1(NC(=O)Cc2ccc(S(C)(=O)=O)cc2)C=C(Cl)C(c2ccccc2)=C(Cl)C1C#N. The van der Waals surface area contributed by atoms with Gasteiger partial charge >= 0.3 is 0 Å². The number of nitrogens with zero attached hydrogens (tertiary/aromatic N) is 1. The molecule has 2 unspecified atom stereocenters. The van der Waals surface area contributed by atoms with Gasteiger partial charge in [0.1, 0.15) is 5.92 Å². The van der Waals surface area contributed by atoms with Gasteiger partial charge in [0.05, 0.1) is 22.9 Å². The number of hydrogen-bond acceptors (Lipinski definition) is 4. The monoisotopic (exact) mass is 528 g/mol. The van der Waals surface area contributed by atoms with Crippen LogP contribution >= 0.6 is 23.2 Å². The maximum absolute atomic E-state index is 13.2.